The second-order valence-electron chi connectivity index (χ2n) is 6.75. The van der Waals surface area contributed by atoms with E-state index in [9.17, 15) is 18.8 Å². The number of anilines is 1. The highest BCUT2D eigenvalue weighted by Crippen LogP contribution is 2.15. The number of hydrogen-bond acceptors (Lipinski definition) is 7. The van der Waals surface area contributed by atoms with Crippen LogP contribution in [0.5, 0.6) is 0 Å². The summed E-state index contributed by atoms with van der Waals surface area (Å²) in [7, 11) is 0. The summed E-state index contributed by atoms with van der Waals surface area (Å²) >= 11 is 1.31. The van der Waals surface area contributed by atoms with Crippen LogP contribution in [0, 0.1) is 5.82 Å². The van der Waals surface area contributed by atoms with E-state index in [-0.39, 0.29) is 23.3 Å². The molecular weight excluding hydrogens is 435 g/mol. The van der Waals surface area contributed by atoms with Crippen LogP contribution in [0.15, 0.2) is 59.4 Å². The van der Waals surface area contributed by atoms with Crippen LogP contribution in [-0.2, 0) is 17.8 Å². The molecule has 0 spiro atoms. The van der Waals surface area contributed by atoms with Gasteiger partial charge in [-0.3, -0.25) is 9.59 Å². The van der Waals surface area contributed by atoms with Crippen molar-refractivity contribution in [3.8, 4) is 0 Å². The highest BCUT2D eigenvalue weighted by atomic mass is 32.1. The third-order valence-electron chi connectivity index (χ3n) is 4.46. The maximum absolute atomic E-state index is 13.3. The molecular formula is C22H17FN4O4S. The van der Waals surface area contributed by atoms with Crippen LogP contribution in [0.1, 0.15) is 38.3 Å². The maximum atomic E-state index is 13.3. The molecule has 0 unspecified atom stereocenters. The molecule has 0 aliphatic carbocycles. The van der Waals surface area contributed by atoms with Crippen LogP contribution in [0.25, 0.3) is 4.96 Å². The third kappa shape index (κ3) is 4.70. The molecule has 0 aliphatic rings. The van der Waals surface area contributed by atoms with Crippen LogP contribution in [-0.4, -0.2) is 26.5 Å². The molecule has 1 amide bonds. The molecule has 4 aromatic rings. The molecule has 0 aliphatic heterocycles. The van der Waals surface area contributed by atoms with Gasteiger partial charge in [0.25, 0.3) is 11.5 Å². The fourth-order valence-electron chi connectivity index (χ4n) is 2.86. The van der Waals surface area contributed by atoms with Gasteiger partial charge in [0.1, 0.15) is 17.4 Å². The largest absolute Gasteiger partial charge is 0.456 e. The van der Waals surface area contributed by atoms with Gasteiger partial charge < -0.3 is 10.1 Å². The summed E-state index contributed by atoms with van der Waals surface area (Å²) in [6.07, 6.45) is 0.691. The van der Waals surface area contributed by atoms with Crippen molar-refractivity contribution in [3.05, 3.63) is 92.6 Å². The number of aromatic nitrogens is 3. The predicted octanol–water partition coefficient (Wildman–Crippen LogP) is 3.46. The number of carbonyl (C=O) groups is 2. The summed E-state index contributed by atoms with van der Waals surface area (Å²) in [6, 6.07) is 12.7. The van der Waals surface area contributed by atoms with Gasteiger partial charge in [-0.2, -0.15) is 9.61 Å². The van der Waals surface area contributed by atoms with Gasteiger partial charge in [0, 0.05) is 17.3 Å². The lowest BCUT2D eigenvalue weighted by molar-refractivity contribution is 0.0467. The second kappa shape index (κ2) is 9.06. The van der Waals surface area contributed by atoms with Gasteiger partial charge in [-0.05, 0) is 48.9 Å². The second-order valence-corrected chi connectivity index (χ2v) is 7.79. The van der Waals surface area contributed by atoms with Gasteiger partial charge in [-0.25, -0.2) is 14.2 Å². The molecule has 2 aromatic heterocycles. The van der Waals surface area contributed by atoms with Crippen LogP contribution < -0.4 is 10.9 Å². The number of esters is 1. The molecule has 0 fully saturated rings. The van der Waals surface area contributed by atoms with Crippen molar-refractivity contribution < 1.29 is 18.7 Å². The summed E-state index contributed by atoms with van der Waals surface area (Å²) in [5.74, 6) is -1.58. The Balaban J connectivity index is 1.39. The normalized spacial score (nSPS) is 10.8. The summed E-state index contributed by atoms with van der Waals surface area (Å²) < 4.78 is 19.8. The van der Waals surface area contributed by atoms with E-state index in [0.29, 0.717) is 22.8 Å². The fourth-order valence-corrected chi connectivity index (χ4v) is 3.72. The zero-order chi connectivity index (χ0) is 22.7. The number of hydrogen-bond donors (Lipinski definition) is 1. The van der Waals surface area contributed by atoms with E-state index in [1.165, 1.54) is 64.4 Å². The molecule has 1 N–H and O–H groups in total. The lowest BCUT2D eigenvalue weighted by Gasteiger charge is -2.07. The Kier molecular flexibility index (Phi) is 6.04. The first-order valence-electron chi connectivity index (χ1n) is 9.65. The predicted molar refractivity (Wildman–Crippen MR) is 116 cm³/mol. The van der Waals surface area contributed by atoms with Crippen LogP contribution in [0.4, 0.5) is 10.1 Å². The summed E-state index contributed by atoms with van der Waals surface area (Å²) in [6.45, 7) is 1.77. The number of benzene rings is 2. The highest BCUT2D eigenvalue weighted by Gasteiger charge is 2.12. The SMILES string of the molecule is CCc1nn2c(=O)cc(COC(=O)c3ccc(NC(=O)c4cccc(F)c4)cc3)nc2s1. The first-order valence-corrected chi connectivity index (χ1v) is 10.5. The Morgan fingerprint density at radius 2 is 1.91 bits per heavy atom. The first-order chi connectivity index (χ1) is 15.4. The lowest BCUT2D eigenvalue weighted by atomic mass is 10.2. The third-order valence-corrected chi connectivity index (χ3v) is 5.51. The zero-order valence-electron chi connectivity index (χ0n) is 16.9. The average molecular weight is 452 g/mol. The Hall–Kier alpha value is -3.92. The van der Waals surface area contributed by atoms with Crippen molar-refractivity contribution in [2.24, 2.45) is 0 Å². The Morgan fingerprint density at radius 3 is 2.62 bits per heavy atom. The molecule has 8 nitrogen and oxygen atoms in total. The van der Waals surface area contributed by atoms with E-state index in [1.807, 2.05) is 6.92 Å². The van der Waals surface area contributed by atoms with Crippen molar-refractivity contribution in [3.63, 3.8) is 0 Å². The number of halogens is 1. The van der Waals surface area contributed by atoms with Crippen molar-refractivity contribution in [1.29, 1.82) is 0 Å². The van der Waals surface area contributed by atoms with Gasteiger partial charge in [0.15, 0.2) is 0 Å². The van der Waals surface area contributed by atoms with E-state index < -0.39 is 17.7 Å². The Morgan fingerprint density at radius 1 is 1.12 bits per heavy atom. The molecule has 162 valence electrons. The van der Waals surface area contributed by atoms with Crippen molar-refractivity contribution in [2.45, 2.75) is 20.0 Å². The number of amides is 1. The molecule has 32 heavy (non-hydrogen) atoms. The maximum Gasteiger partial charge on any atom is 0.338 e. The quantitative estimate of drug-likeness (QED) is 0.450. The van der Waals surface area contributed by atoms with Gasteiger partial charge in [-0.15, -0.1) is 0 Å². The van der Waals surface area contributed by atoms with E-state index in [2.05, 4.69) is 15.4 Å². The number of ether oxygens (including phenoxy) is 1. The van der Waals surface area contributed by atoms with E-state index in [4.69, 9.17) is 4.74 Å². The van der Waals surface area contributed by atoms with Gasteiger partial charge >= 0.3 is 5.97 Å². The minimum absolute atomic E-state index is 0.165. The van der Waals surface area contributed by atoms with Crippen LogP contribution in [0.2, 0.25) is 0 Å². The number of nitrogens with one attached hydrogen (secondary N) is 1. The highest BCUT2D eigenvalue weighted by molar-refractivity contribution is 7.16. The molecule has 0 saturated carbocycles. The Bertz CT molecular complexity index is 1360. The molecule has 2 heterocycles. The van der Waals surface area contributed by atoms with E-state index in [1.54, 1.807) is 0 Å². The summed E-state index contributed by atoms with van der Waals surface area (Å²) in [4.78, 5) is 41.4. The fraction of sp³-hybridized carbons (Fsp3) is 0.136. The average Bonchev–Trinajstić information content (AvgIpc) is 3.22. The zero-order valence-corrected chi connectivity index (χ0v) is 17.7. The van der Waals surface area contributed by atoms with Gasteiger partial charge in [0.05, 0.1) is 11.3 Å². The summed E-state index contributed by atoms with van der Waals surface area (Å²) in [5, 5.41) is 7.59. The minimum Gasteiger partial charge on any atom is -0.456 e. The van der Waals surface area contributed by atoms with Crippen molar-refractivity contribution in [1.82, 2.24) is 14.6 Å². The molecule has 4 rings (SSSR count). The standard InChI is InChI=1S/C22H17FN4O4S/c1-2-18-26-27-19(28)11-17(25-22(27)32-18)12-31-21(30)13-6-8-16(9-7-13)24-20(29)14-4-3-5-15(23)10-14/h3-11H,2,12H2,1H3,(H,24,29). The number of aryl methyl sites for hydroxylation is 1. The van der Waals surface area contributed by atoms with E-state index >= 15 is 0 Å². The molecule has 0 radical (unpaired) electrons. The van der Waals surface area contributed by atoms with Gasteiger partial charge in [-0.1, -0.05) is 24.3 Å². The van der Waals surface area contributed by atoms with Crippen molar-refractivity contribution >= 4 is 33.9 Å². The molecule has 0 atom stereocenters. The number of carbonyl (C=O) groups excluding carboxylic acids is 2. The molecule has 0 bridgehead atoms. The van der Waals surface area contributed by atoms with E-state index in [0.717, 1.165) is 11.1 Å². The number of fused-ring (bicyclic) bond motifs is 1. The number of rotatable bonds is 6. The first kappa shape index (κ1) is 21.3. The minimum atomic E-state index is -0.603. The monoisotopic (exact) mass is 452 g/mol. The van der Waals surface area contributed by atoms with Crippen molar-refractivity contribution in [2.75, 3.05) is 5.32 Å². The van der Waals surface area contributed by atoms with Crippen LogP contribution >= 0.6 is 11.3 Å². The topological polar surface area (TPSA) is 103 Å². The molecule has 2 aromatic carbocycles. The molecule has 10 heteroatoms. The smallest absolute Gasteiger partial charge is 0.338 e. The van der Waals surface area contributed by atoms with Crippen LogP contribution in [0.3, 0.4) is 0 Å². The molecule has 0 saturated heterocycles. The van der Waals surface area contributed by atoms with Gasteiger partial charge in [0.2, 0.25) is 4.96 Å². The number of nitrogens with zero attached hydrogens (tertiary/aromatic N) is 3. The summed E-state index contributed by atoms with van der Waals surface area (Å²) in [5.41, 5.74) is 0.871. The lowest BCUT2D eigenvalue weighted by Crippen LogP contribution is -2.16. The Labute approximate surface area is 185 Å².